The average molecular weight is 319 g/mol. The Labute approximate surface area is 134 Å². The Balaban J connectivity index is 1.70. The van der Waals surface area contributed by atoms with Crippen LogP contribution in [0, 0.1) is 5.92 Å². The number of rotatable bonds is 4. The van der Waals surface area contributed by atoms with E-state index in [1.54, 1.807) is 11.8 Å². The maximum atomic E-state index is 12.6. The van der Waals surface area contributed by atoms with Gasteiger partial charge in [-0.1, -0.05) is 13.8 Å². The van der Waals surface area contributed by atoms with Gasteiger partial charge in [0.15, 0.2) is 0 Å². The number of carbonyl (C=O) groups excluding carboxylic acids is 1. The summed E-state index contributed by atoms with van der Waals surface area (Å²) < 4.78 is 5.43. The van der Waals surface area contributed by atoms with E-state index in [9.17, 15) is 4.79 Å². The van der Waals surface area contributed by atoms with Gasteiger partial charge in [-0.15, -0.1) is 11.3 Å². The van der Waals surface area contributed by atoms with Gasteiger partial charge in [0, 0.05) is 31.1 Å². The molecule has 0 aromatic carbocycles. The van der Waals surface area contributed by atoms with E-state index < -0.39 is 0 Å². The summed E-state index contributed by atoms with van der Waals surface area (Å²) in [6, 6.07) is 4.12. The first-order valence-electron chi connectivity index (χ1n) is 7.59. The normalized spacial score (nSPS) is 19.8. The van der Waals surface area contributed by atoms with Crippen molar-refractivity contribution in [2.75, 3.05) is 19.6 Å². The number of carbonyl (C=O) groups is 1. The van der Waals surface area contributed by atoms with Gasteiger partial charge >= 0.3 is 0 Å². The highest BCUT2D eigenvalue weighted by atomic mass is 32.1. The van der Waals surface area contributed by atoms with Crippen LogP contribution in [0.5, 0.6) is 0 Å². The molecule has 0 radical (unpaired) electrons. The molecule has 2 aromatic rings. The molecule has 3 heterocycles. The quantitative estimate of drug-likeness (QED) is 0.869. The standard InChI is InChI=1S/C16H21N3O2S/c1-12(2)15-9-18(8-13-4-3-7-21-13)5-6-19(15)16(20)14-10-22-11-17-14/h3-4,7,10-12,15H,5-6,8-9H2,1-2H3/t15-/m1/s1. The molecule has 0 unspecified atom stereocenters. The van der Waals surface area contributed by atoms with Crippen molar-refractivity contribution in [3.8, 4) is 0 Å². The van der Waals surface area contributed by atoms with Crippen LogP contribution in [0.4, 0.5) is 0 Å². The zero-order valence-electron chi connectivity index (χ0n) is 12.9. The minimum absolute atomic E-state index is 0.0533. The molecule has 1 amide bonds. The van der Waals surface area contributed by atoms with Crippen molar-refractivity contribution in [2.24, 2.45) is 5.92 Å². The minimum atomic E-state index is 0.0533. The van der Waals surface area contributed by atoms with Crippen molar-refractivity contribution in [1.29, 1.82) is 0 Å². The van der Waals surface area contributed by atoms with E-state index in [2.05, 4.69) is 23.7 Å². The molecular weight excluding hydrogens is 298 g/mol. The SMILES string of the molecule is CC(C)[C@H]1CN(Cc2ccco2)CCN1C(=O)c1cscn1. The van der Waals surface area contributed by atoms with Crippen LogP contribution in [-0.2, 0) is 6.54 Å². The second-order valence-electron chi connectivity index (χ2n) is 6.00. The van der Waals surface area contributed by atoms with Crippen LogP contribution in [0.25, 0.3) is 0 Å². The summed E-state index contributed by atoms with van der Waals surface area (Å²) >= 11 is 1.46. The summed E-state index contributed by atoms with van der Waals surface area (Å²) in [6.45, 7) is 7.60. The Morgan fingerprint density at radius 2 is 2.36 bits per heavy atom. The van der Waals surface area contributed by atoms with E-state index in [0.717, 1.165) is 31.9 Å². The fraction of sp³-hybridized carbons (Fsp3) is 0.500. The lowest BCUT2D eigenvalue weighted by Gasteiger charge is -2.43. The molecule has 3 rings (SSSR count). The fourth-order valence-electron chi connectivity index (χ4n) is 2.92. The molecular formula is C16H21N3O2S. The molecule has 0 spiro atoms. The van der Waals surface area contributed by atoms with Gasteiger partial charge in [-0.25, -0.2) is 4.98 Å². The smallest absolute Gasteiger partial charge is 0.273 e. The highest BCUT2D eigenvalue weighted by Crippen LogP contribution is 2.21. The Hall–Kier alpha value is -1.66. The molecule has 6 heteroatoms. The van der Waals surface area contributed by atoms with E-state index in [-0.39, 0.29) is 11.9 Å². The van der Waals surface area contributed by atoms with Crippen molar-refractivity contribution < 1.29 is 9.21 Å². The molecule has 118 valence electrons. The van der Waals surface area contributed by atoms with E-state index in [4.69, 9.17) is 4.42 Å². The van der Waals surface area contributed by atoms with Gasteiger partial charge in [0.25, 0.3) is 5.91 Å². The summed E-state index contributed by atoms with van der Waals surface area (Å²) in [6.07, 6.45) is 1.71. The number of thiazole rings is 1. The lowest BCUT2D eigenvalue weighted by Crippen LogP contribution is -2.56. The monoisotopic (exact) mass is 319 g/mol. The van der Waals surface area contributed by atoms with Crippen LogP contribution in [0.1, 0.15) is 30.1 Å². The van der Waals surface area contributed by atoms with Gasteiger partial charge in [-0.2, -0.15) is 0 Å². The molecule has 1 saturated heterocycles. The second-order valence-corrected chi connectivity index (χ2v) is 6.72. The average Bonchev–Trinajstić information content (AvgIpc) is 3.19. The number of hydrogen-bond donors (Lipinski definition) is 0. The summed E-state index contributed by atoms with van der Waals surface area (Å²) in [5.41, 5.74) is 2.28. The summed E-state index contributed by atoms with van der Waals surface area (Å²) in [5, 5.41) is 1.83. The highest BCUT2D eigenvalue weighted by molar-refractivity contribution is 7.07. The molecule has 1 aliphatic heterocycles. The topological polar surface area (TPSA) is 49.6 Å². The van der Waals surface area contributed by atoms with E-state index in [1.165, 1.54) is 11.3 Å². The van der Waals surface area contributed by atoms with E-state index >= 15 is 0 Å². The van der Waals surface area contributed by atoms with E-state index in [0.29, 0.717) is 11.6 Å². The molecule has 1 fully saturated rings. The second kappa shape index (κ2) is 6.62. The van der Waals surface area contributed by atoms with Crippen molar-refractivity contribution in [3.63, 3.8) is 0 Å². The number of hydrogen-bond acceptors (Lipinski definition) is 5. The van der Waals surface area contributed by atoms with Gasteiger partial charge in [-0.05, 0) is 18.1 Å². The van der Waals surface area contributed by atoms with Gasteiger partial charge in [0.05, 0.1) is 18.3 Å². The molecule has 0 N–H and O–H groups in total. The third kappa shape index (κ3) is 3.23. The number of furan rings is 1. The molecule has 1 aliphatic rings. The zero-order valence-corrected chi connectivity index (χ0v) is 13.8. The Morgan fingerprint density at radius 3 is 3.00 bits per heavy atom. The lowest BCUT2D eigenvalue weighted by atomic mass is 9.99. The zero-order chi connectivity index (χ0) is 15.5. The first-order chi connectivity index (χ1) is 10.6. The summed E-state index contributed by atoms with van der Waals surface area (Å²) in [7, 11) is 0. The molecule has 22 heavy (non-hydrogen) atoms. The number of piperazine rings is 1. The van der Waals surface area contributed by atoms with Gasteiger partial charge in [-0.3, -0.25) is 9.69 Å². The highest BCUT2D eigenvalue weighted by Gasteiger charge is 2.33. The van der Waals surface area contributed by atoms with Crippen LogP contribution >= 0.6 is 11.3 Å². The van der Waals surface area contributed by atoms with Gasteiger partial charge in [0.1, 0.15) is 11.5 Å². The van der Waals surface area contributed by atoms with E-state index in [1.807, 2.05) is 22.4 Å². The molecule has 0 bridgehead atoms. The maximum Gasteiger partial charge on any atom is 0.273 e. The summed E-state index contributed by atoms with van der Waals surface area (Å²) in [5.74, 6) is 1.43. The first-order valence-corrected chi connectivity index (χ1v) is 8.53. The molecule has 0 aliphatic carbocycles. The molecule has 1 atom stereocenters. The third-order valence-corrected chi connectivity index (χ3v) is 4.73. The molecule has 2 aromatic heterocycles. The maximum absolute atomic E-state index is 12.6. The van der Waals surface area contributed by atoms with Crippen LogP contribution in [0.15, 0.2) is 33.7 Å². The van der Waals surface area contributed by atoms with Crippen LogP contribution in [0.3, 0.4) is 0 Å². The Kier molecular flexibility index (Phi) is 4.59. The van der Waals surface area contributed by atoms with Gasteiger partial charge in [0.2, 0.25) is 0 Å². The van der Waals surface area contributed by atoms with Crippen molar-refractivity contribution in [1.82, 2.24) is 14.8 Å². The largest absolute Gasteiger partial charge is 0.468 e. The van der Waals surface area contributed by atoms with Gasteiger partial charge < -0.3 is 9.32 Å². The number of aromatic nitrogens is 1. The van der Waals surface area contributed by atoms with Crippen LogP contribution < -0.4 is 0 Å². The number of amides is 1. The molecule has 5 nitrogen and oxygen atoms in total. The summed E-state index contributed by atoms with van der Waals surface area (Å²) in [4.78, 5) is 21.1. The minimum Gasteiger partial charge on any atom is -0.468 e. The van der Waals surface area contributed by atoms with Crippen LogP contribution in [0.2, 0.25) is 0 Å². The lowest BCUT2D eigenvalue weighted by molar-refractivity contribution is 0.0310. The number of nitrogens with zero attached hydrogens (tertiary/aromatic N) is 3. The first kappa shape index (κ1) is 15.2. The van der Waals surface area contributed by atoms with Crippen molar-refractivity contribution in [2.45, 2.75) is 26.4 Å². The Morgan fingerprint density at radius 1 is 1.50 bits per heavy atom. The predicted octanol–water partition coefficient (Wildman–Crippen LogP) is 2.72. The van der Waals surface area contributed by atoms with Crippen molar-refractivity contribution >= 4 is 17.2 Å². The Bertz CT molecular complexity index is 595. The third-order valence-electron chi connectivity index (χ3n) is 4.14. The molecule has 0 saturated carbocycles. The predicted molar refractivity (Wildman–Crippen MR) is 85.8 cm³/mol. The van der Waals surface area contributed by atoms with Crippen LogP contribution in [-0.4, -0.2) is 46.4 Å². The van der Waals surface area contributed by atoms with Crippen molar-refractivity contribution in [3.05, 3.63) is 40.7 Å². The fourth-order valence-corrected chi connectivity index (χ4v) is 3.45.